The Balaban J connectivity index is 3.11. The van der Waals surface area contributed by atoms with Gasteiger partial charge in [0.25, 0.3) is 5.91 Å². The summed E-state index contributed by atoms with van der Waals surface area (Å²) in [5, 5.41) is 0.497. The molecule has 94 valence electrons. The van der Waals surface area contributed by atoms with Crippen LogP contribution in [0.2, 0.25) is 5.02 Å². The summed E-state index contributed by atoms with van der Waals surface area (Å²) in [5.74, 6) is -0.682. The standard InChI is InChI=1S/C9H8ClF3N2O2/c1-15(17-2)8(16)5-4-14-7(3-6(5)10)9(11,12)13/h3-4H,1-2H3. The first-order valence-corrected chi connectivity index (χ1v) is 4.70. The molecule has 0 spiro atoms. The Morgan fingerprint density at radius 3 is 2.53 bits per heavy atom. The SMILES string of the molecule is CON(C)C(=O)c1cnc(C(F)(F)F)cc1Cl. The number of hydrogen-bond acceptors (Lipinski definition) is 3. The number of hydroxylamine groups is 2. The zero-order chi connectivity index (χ0) is 13.2. The topological polar surface area (TPSA) is 42.4 Å². The minimum Gasteiger partial charge on any atom is -0.274 e. The van der Waals surface area contributed by atoms with Crippen molar-refractivity contribution in [2.75, 3.05) is 14.2 Å². The lowest BCUT2D eigenvalue weighted by Crippen LogP contribution is -2.26. The molecular formula is C9H8ClF3N2O2. The Morgan fingerprint density at radius 1 is 1.53 bits per heavy atom. The predicted molar refractivity (Wildman–Crippen MR) is 53.4 cm³/mol. The summed E-state index contributed by atoms with van der Waals surface area (Å²) in [7, 11) is 2.54. The maximum Gasteiger partial charge on any atom is 0.433 e. The molecule has 0 saturated carbocycles. The Kier molecular flexibility index (Phi) is 3.94. The van der Waals surface area contributed by atoms with Crippen LogP contribution in [0.15, 0.2) is 12.3 Å². The molecule has 8 heteroatoms. The fourth-order valence-electron chi connectivity index (χ4n) is 0.996. The van der Waals surface area contributed by atoms with Gasteiger partial charge in [0, 0.05) is 13.2 Å². The molecule has 0 bridgehead atoms. The van der Waals surface area contributed by atoms with E-state index in [0.717, 1.165) is 11.3 Å². The zero-order valence-electron chi connectivity index (χ0n) is 8.88. The lowest BCUT2D eigenvalue weighted by atomic mass is 10.2. The first kappa shape index (κ1) is 13.7. The molecule has 0 aliphatic rings. The van der Waals surface area contributed by atoms with E-state index in [2.05, 4.69) is 9.82 Å². The van der Waals surface area contributed by atoms with E-state index in [1.165, 1.54) is 14.2 Å². The maximum atomic E-state index is 12.3. The minimum absolute atomic E-state index is 0.163. The second-order valence-corrected chi connectivity index (χ2v) is 3.44. The monoisotopic (exact) mass is 268 g/mol. The van der Waals surface area contributed by atoms with E-state index in [4.69, 9.17) is 11.6 Å². The van der Waals surface area contributed by atoms with Gasteiger partial charge in [0.15, 0.2) is 0 Å². The van der Waals surface area contributed by atoms with Crippen molar-refractivity contribution in [3.05, 3.63) is 28.5 Å². The number of amides is 1. The highest BCUT2D eigenvalue weighted by Gasteiger charge is 2.33. The number of carbonyl (C=O) groups is 1. The smallest absolute Gasteiger partial charge is 0.274 e. The van der Waals surface area contributed by atoms with Gasteiger partial charge in [-0.25, -0.2) is 5.06 Å². The summed E-state index contributed by atoms with van der Waals surface area (Å²) < 4.78 is 36.9. The van der Waals surface area contributed by atoms with Gasteiger partial charge in [-0.1, -0.05) is 11.6 Å². The molecule has 1 heterocycles. The molecule has 4 nitrogen and oxygen atoms in total. The van der Waals surface area contributed by atoms with E-state index in [1.807, 2.05) is 0 Å². The molecule has 0 unspecified atom stereocenters. The van der Waals surface area contributed by atoms with Gasteiger partial charge >= 0.3 is 6.18 Å². The van der Waals surface area contributed by atoms with Crippen molar-refractivity contribution in [2.45, 2.75) is 6.18 Å². The highest BCUT2D eigenvalue weighted by atomic mass is 35.5. The summed E-state index contributed by atoms with van der Waals surface area (Å²) in [4.78, 5) is 19.3. The third-order valence-electron chi connectivity index (χ3n) is 1.93. The molecule has 0 atom stereocenters. The van der Waals surface area contributed by atoms with E-state index >= 15 is 0 Å². The van der Waals surface area contributed by atoms with E-state index < -0.39 is 17.8 Å². The van der Waals surface area contributed by atoms with Gasteiger partial charge in [0.05, 0.1) is 17.7 Å². The molecule has 17 heavy (non-hydrogen) atoms. The second-order valence-electron chi connectivity index (χ2n) is 3.03. The Bertz CT molecular complexity index is 437. The lowest BCUT2D eigenvalue weighted by Gasteiger charge is -2.14. The predicted octanol–water partition coefficient (Wildman–Crippen LogP) is 2.39. The highest BCUT2D eigenvalue weighted by molar-refractivity contribution is 6.33. The van der Waals surface area contributed by atoms with Crippen molar-refractivity contribution >= 4 is 17.5 Å². The lowest BCUT2D eigenvalue weighted by molar-refractivity contribution is -0.141. The average molecular weight is 269 g/mol. The van der Waals surface area contributed by atoms with Crippen LogP contribution in [-0.2, 0) is 11.0 Å². The fraction of sp³-hybridized carbons (Fsp3) is 0.333. The van der Waals surface area contributed by atoms with Crippen LogP contribution in [-0.4, -0.2) is 30.1 Å². The highest BCUT2D eigenvalue weighted by Crippen LogP contribution is 2.30. The van der Waals surface area contributed by atoms with Crippen LogP contribution in [0.3, 0.4) is 0 Å². The third-order valence-corrected chi connectivity index (χ3v) is 2.25. The number of hydrogen-bond donors (Lipinski definition) is 0. The number of nitrogens with zero attached hydrogens (tertiary/aromatic N) is 2. The molecule has 0 aliphatic carbocycles. The summed E-state index contributed by atoms with van der Waals surface area (Å²) in [6, 6.07) is 0.596. The van der Waals surface area contributed by atoms with Crippen molar-refractivity contribution in [1.29, 1.82) is 0 Å². The molecule has 1 amide bonds. The Hall–Kier alpha value is -1.34. The quantitative estimate of drug-likeness (QED) is 0.774. The molecule has 0 saturated heterocycles. The van der Waals surface area contributed by atoms with Crippen LogP contribution in [0, 0.1) is 0 Å². The molecule has 1 rings (SSSR count). The minimum atomic E-state index is -4.60. The van der Waals surface area contributed by atoms with Crippen LogP contribution in [0.5, 0.6) is 0 Å². The van der Waals surface area contributed by atoms with Crippen LogP contribution in [0.4, 0.5) is 13.2 Å². The van der Waals surface area contributed by atoms with E-state index in [-0.39, 0.29) is 10.6 Å². The van der Waals surface area contributed by atoms with Crippen molar-refractivity contribution in [3.63, 3.8) is 0 Å². The first-order valence-electron chi connectivity index (χ1n) is 4.32. The number of alkyl halides is 3. The number of rotatable bonds is 2. The van der Waals surface area contributed by atoms with E-state index in [9.17, 15) is 18.0 Å². The van der Waals surface area contributed by atoms with Crippen LogP contribution < -0.4 is 0 Å². The Morgan fingerprint density at radius 2 is 2.12 bits per heavy atom. The fourth-order valence-corrected chi connectivity index (χ4v) is 1.23. The molecular weight excluding hydrogens is 261 g/mol. The molecule has 1 aromatic heterocycles. The summed E-state index contributed by atoms with van der Waals surface area (Å²) in [6.45, 7) is 0. The molecule has 0 aromatic carbocycles. The average Bonchev–Trinajstić information content (AvgIpc) is 2.25. The summed E-state index contributed by atoms with van der Waals surface area (Å²) in [6.07, 6.45) is -3.83. The molecule has 0 fully saturated rings. The normalized spacial score (nSPS) is 11.4. The third kappa shape index (κ3) is 3.07. The van der Waals surface area contributed by atoms with Gasteiger partial charge in [-0.15, -0.1) is 0 Å². The molecule has 0 aliphatic heterocycles. The van der Waals surface area contributed by atoms with Gasteiger partial charge in [-0.05, 0) is 6.07 Å². The maximum absolute atomic E-state index is 12.3. The number of halogens is 4. The van der Waals surface area contributed by atoms with Gasteiger partial charge in [0.2, 0.25) is 0 Å². The Labute approximate surface area is 99.9 Å². The van der Waals surface area contributed by atoms with Crippen molar-refractivity contribution < 1.29 is 22.8 Å². The summed E-state index contributed by atoms with van der Waals surface area (Å²) >= 11 is 5.59. The molecule has 0 radical (unpaired) electrons. The van der Waals surface area contributed by atoms with Crippen molar-refractivity contribution in [2.24, 2.45) is 0 Å². The molecule has 1 aromatic rings. The van der Waals surface area contributed by atoms with Gasteiger partial charge < -0.3 is 0 Å². The van der Waals surface area contributed by atoms with E-state index in [1.54, 1.807) is 0 Å². The number of pyridine rings is 1. The van der Waals surface area contributed by atoms with Gasteiger partial charge in [-0.3, -0.25) is 14.6 Å². The van der Waals surface area contributed by atoms with Gasteiger partial charge in [0.1, 0.15) is 5.69 Å². The molecule has 0 N–H and O–H groups in total. The number of aromatic nitrogens is 1. The number of carbonyl (C=O) groups excluding carboxylic acids is 1. The first-order chi connectivity index (χ1) is 7.77. The van der Waals surface area contributed by atoms with Crippen LogP contribution >= 0.6 is 11.6 Å². The van der Waals surface area contributed by atoms with Crippen molar-refractivity contribution in [3.8, 4) is 0 Å². The zero-order valence-corrected chi connectivity index (χ0v) is 9.63. The van der Waals surface area contributed by atoms with E-state index in [0.29, 0.717) is 6.07 Å². The van der Waals surface area contributed by atoms with Gasteiger partial charge in [-0.2, -0.15) is 13.2 Å². The van der Waals surface area contributed by atoms with Crippen molar-refractivity contribution in [1.82, 2.24) is 10.0 Å². The summed E-state index contributed by atoms with van der Waals surface area (Å²) in [5.41, 5.74) is -1.32. The van der Waals surface area contributed by atoms with Crippen LogP contribution in [0.1, 0.15) is 16.1 Å². The second kappa shape index (κ2) is 4.89. The largest absolute Gasteiger partial charge is 0.433 e. The van der Waals surface area contributed by atoms with Crippen LogP contribution in [0.25, 0.3) is 0 Å².